The highest BCUT2D eigenvalue weighted by atomic mass is 35.5. The van der Waals surface area contributed by atoms with Crippen LogP contribution in [0, 0.1) is 0 Å². The summed E-state index contributed by atoms with van der Waals surface area (Å²) in [4.78, 5) is 14.5. The third-order valence-corrected chi connectivity index (χ3v) is 2.77. The van der Waals surface area contributed by atoms with Crippen molar-refractivity contribution in [3.63, 3.8) is 0 Å². The summed E-state index contributed by atoms with van der Waals surface area (Å²) in [7, 11) is 0. The zero-order valence-electron chi connectivity index (χ0n) is 6.32. The Morgan fingerprint density at radius 3 is 3.00 bits per heavy atom. The molecule has 13 heavy (non-hydrogen) atoms. The number of rotatable bonds is 1. The topological polar surface area (TPSA) is 50.2 Å². The number of carboxylic acids is 1. The minimum absolute atomic E-state index is 0.0947. The van der Waals surface area contributed by atoms with Gasteiger partial charge in [0, 0.05) is 5.02 Å². The quantitative estimate of drug-likeness (QED) is 0.792. The molecule has 66 valence electrons. The van der Waals surface area contributed by atoms with Crippen LogP contribution in [-0.2, 0) is 0 Å². The first kappa shape index (κ1) is 8.47. The molecular weight excluding hydrogens is 210 g/mol. The Balaban J connectivity index is 2.68. The van der Waals surface area contributed by atoms with Crippen molar-refractivity contribution in [1.82, 2.24) is 4.98 Å². The Morgan fingerprint density at radius 2 is 2.31 bits per heavy atom. The van der Waals surface area contributed by atoms with Crippen molar-refractivity contribution in [3.05, 3.63) is 28.2 Å². The lowest BCUT2D eigenvalue weighted by atomic mass is 10.3. The second kappa shape index (κ2) is 2.97. The zero-order chi connectivity index (χ0) is 9.42. The summed E-state index contributed by atoms with van der Waals surface area (Å²) in [5, 5.41) is 9.36. The molecule has 2 rings (SSSR count). The van der Waals surface area contributed by atoms with Crippen LogP contribution in [0.2, 0.25) is 5.02 Å². The Kier molecular flexibility index (Phi) is 1.94. The van der Waals surface area contributed by atoms with Crippen LogP contribution < -0.4 is 0 Å². The molecule has 0 radical (unpaired) electrons. The minimum atomic E-state index is -1.00. The van der Waals surface area contributed by atoms with Crippen LogP contribution in [0.3, 0.4) is 0 Å². The molecular formula is C8H4ClNO2S. The first-order chi connectivity index (χ1) is 6.16. The average Bonchev–Trinajstić information content (AvgIpc) is 2.46. The molecule has 0 aliphatic rings. The first-order valence-corrected chi connectivity index (χ1v) is 4.65. The fourth-order valence-corrected chi connectivity index (χ4v) is 2.07. The van der Waals surface area contributed by atoms with Crippen LogP contribution in [0.15, 0.2) is 18.2 Å². The molecule has 5 heteroatoms. The SMILES string of the molecule is O=C(O)c1nc2ccc(Cl)cc2s1. The molecule has 0 atom stereocenters. The van der Waals surface area contributed by atoms with Gasteiger partial charge in [-0.2, -0.15) is 0 Å². The minimum Gasteiger partial charge on any atom is -0.476 e. The molecule has 0 unspecified atom stereocenters. The van der Waals surface area contributed by atoms with E-state index in [-0.39, 0.29) is 5.01 Å². The van der Waals surface area contributed by atoms with Gasteiger partial charge in [-0.05, 0) is 18.2 Å². The van der Waals surface area contributed by atoms with Crippen LogP contribution in [-0.4, -0.2) is 16.1 Å². The molecule has 0 aliphatic heterocycles. The number of hydrogen-bond donors (Lipinski definition) is 1. The molecule has 1 aromatic carbocycles. The molecule has 2 aromatic rings. The molecule has 0 saturated carbocycles. The fourth-order valence-electron chi connectivity index (χ4n) is 0.990. The highest BCUT2D eigenvalue weighted by molar-refractivity contribution is 7.20. The highest BCUT2D eigenvalue weighted by Crippen LogP contribution is 2.24. The van der Waals surface area contributed by atoms with Gasteiger partial charge >= 0.3 is 5.97 Å². The van der Waals surface area contributed by atoms with Gasteiger partial charge in [0.1, 0.15) is 0 Å². The van der Waals surface area contributed by atoms with Crippen molar-refractivity contribution in [2.45, 2.75) is 0 Å². The summed E-state index contributed by atoms with van der Waals surface area (Å²) < 4.78 is 0.796. The predicted molar refractivity (Wildman–Crippen MR) is 51.6 cm³/mol. The van der Waals surface area contributed by atoms with E-state index in [1.807, 2.05) is 0 Å². The first-order valence-electron chi connectivity index (χ1n) is 3.46. The van der Waals surface area contributed by atoms with Gasteiger partial charge < -0.3 is 5.11 Å². The van der Waals surface area contributed by atoms with E-state index in [1.165, 1.54) is 0 Å². The van der Waals surface area contributed by atoms with Gasteiger partial charge in [-0.1, -0.05) is 11.6 Å². The van der Waals surface area contributed by atoms with Crippen molar-refractivity contribution in [2.24, 2.45) is 0 Å². The normalized spacial score (nSPS) is 10.5. The number of thiazole rings is 1. The van der Waals surface area contributed by atoms with Crippen molar-refractivity contribution >= 4 is 39.1 Å². The monoisotopic (exact) mass is 213 g/mol. The van der Waals surface area contributed by atoms with E-state index in [0.717, 1.165) is 16.0 Å². The average molecular weight is 214 g/mol. The highest BCUT2D eigenvalue weighted by Gasteiger charge is 2.09. The van der Waals surface area contributed by atoms with Crippen molar-refractivity contribution in [2.75, 3.05) is 0 Å². The summed E-state index contributed by atoms with van der Waals surface area (Å²) in [6, 6.07) is 5.11. The summed E-state index contributed by atoms with van der Waals surface area (Å²) in [5.74, 6) is -1.00. The Hall–Kier alpha value is -1.13. The van der Waals surface area contributed by atoms with Crippen LogP contribution in [0.4, 0.5) is 0 Å². The van der Waals surface area contributed by atoms with Gasteiger partial charge in [0.25, 0.3) is 0 Å². The van der Waals surface area contributed by atoms with E-state index < -0.39 is 5.97 Å². The summed E-state index contributed by atoms with van der Waals surface area (Å²) in [6.45, 7) is 0. The Bertz CT molecular complexity index is 480. The second-order valence-electron chi connectivity index (χ2n) is 2.44. The van der Waals surface area contributed by atoms with E-state index in [0.29, 0.717) is 10.5 Å². The Labute approximate surface area is 82.6 Å². The summed E-state index contributed by atoms with van der Waals surface area (Å²) in [6.07, 6.45) is 0. The molecule has 1 heterocycles. The zero-order valence-corrected chi connectivity index (χ0v) is 7.89. The molecule has 0 bridgehead atoms. The number of carbonyl (C=O) groups is 1. The third kappa shape index (κ3) is 1.50. The van der Waals surface area contributed by atoms with Gasteiger partial charge in [-0.15, -0.1) is 11.3 Å². The largest absolute Gasteiger partial charge is 0.476 e. The van der Waals surface area contributed by atoms with Crippen LogP contribution in [0.1, 0.15) is 9.80 Å². The van der Waals surface area contributed by atoms with Crippen LogP contribution >= 0.6 is 22.9 Å². The molecule has 1 aromatic heterocycles. The molecule has 1 N–H and O–H groups in total. The lowest BCUT2D eigenvalue weighted by Gasteiger charge is -1.86. The number of hydrogen-bond acceptors (Lipinski definition) is 3. The third-order valence-electron chi connectivity index (χ3n) is 1.53. The van der Waals surface area contributed by atoms with E-state index >= 15 is 0 Å². The van der Waals surface area contributed by atoms with E-state index in [9.17, 15) is 4.79 Å². The Morgan fingerprint density at radius 1 is 1.54 bits per heavy atom. The number of nitrogens with zero attached hydrogens (tertiary/aromatic N) is 1. The fraction of sp³-hybridized carbons (Fsp3) is 0. The second-order valence-corrected chi connectivity index (χ2v) is 3.90. The van der Waals surface area contributed by atoms with Gasteiger partial charge in [0.05, 0.1) is 10.2 Å². The number of fused-ring (bicyclic) bond motifs is 1. The standard InChI is InChI=1S/C8H4ClNO2S/c9-4-1-2-5-6(3-4)13-7(10-5)8(11)12/h1-3H,(H,11,12). The number of aromatic nitrogens is 1. The summed E-state index contributed by atoms with van der Waals surface area (Å²) >= 11 is 6.86. The molecule has 0 fully saturated rings. The van der Waals surface area contributed by atoms with Crippen molar-refractivity contribution in [3.8, 4) is 0 Å². The lowest BCUT2D eigenvalue weighted by Crippen LogP contribution is -1.93. The van der Waals surface area contributed by atoms with Gasteiger partial charge in [0.2, 0.25) is 5.01 Å². The molecule has 0 amide bonds. The smallest absolute Gasteiger partial charge is 0.365 e. The molecule has 0 saturated heterocycles. The molecule has 3 nitrogen and oxygen atoms in total. The van der Waals surface area contributed by atoms with Gasteiger partial charge in [-0.25, -0.2) is 9.78 Å². The van der Waals surface area contributed by atoms with E-state index in [1.54, 1.807) is 18.2 Å². The van der Waals surface area contributed by atoms with Crippen LogP contribution in [0.25, 0.3) is 10.2 Å². The van der Waals surface area contributed by atoms with Crippen molar-refractivity contribution < 1.29 is 9.90 Å². The molecule has 0 spiro atoms. The maximum atomic E-state index is 10.6. The predicted octanol–water partition coefficient (Wildman–Crippen LogP) is 2.65. The van der Waals surface area contributed by atoms with Crippen LogP contribution in [0.5, 0.6) is 0 Å². The molecule has 0 aliphatic carbocycles. The van der Waals surface area contributed by atoms with Gasteiger partial charge in [0.15, 0.2) is 0 Å². The number of carboxylic acid groups (broad SMARTS) is 1. The maximum absolute atomic E-state index is 10.6. The van der Waals surface area contributed by atoms with E-state index in [4.69, 9.17) is 16.7 Å². The summed E-state index contributed by atoms with van der Waals surface area (Å²) in [5.41, 5.74) is 0.673. The number of benzene rings is 1. The van der Waals surface area contributed by atoms with Gasteiger partial charge in [-0.3, -0.25) is 0 Å². The number of aromatic carboxylic acids is 1. The van der Waals surface area contributed by atoms with E-state index in [2.05, 4.69) is 4.98 Å². The maximum Gasteiger partial charge on any atom is 0.365 e. The number of halogens is 1. The van der Waals surface area contributed by atoms with Crippen molar-refractivity contribution in [1.29, 1.82) is 0 Å². The lowest BCUT2D eigenvalue weighted by molar-refractivity contribution is 0.0696.